The van der Waals surface area contributed by atoms with Crippen LogP contribution in [0.25, 0.3) is 0 Å². The van der Waals surface area contributed by atoms with Crippen LogP contribution in [0, 0.1) is 11.3 Å². The Morgan fingerprint density at radius 1 is 1.41 bits per heavy atom. The van der Waals surface area contributed by atoms with Gasteiger partial charge in [-0.05, 0) is 12.8 Å². The molecule has 0 bridgehead atoms. The van der Waals surface area contributed by atoms with Gasteiger partial charge in [0.15, 0.2) is 5.56 Å². The van der Waals surface area contributed by atoms with E-state index >= 15 is 0 Å². The van der Waals surface area contributed by atoms with Crippen molar-refractivity contribution in [2.45, 2.75) is 25.3 Å². The monoisotopic (exact) mass is 317 g/mol. The highest BCUT2D eigenvalue weighted by Crippen LogP contribution is 2.41. The van der Waals surface area contributed by atoms with Gasteiger partial charge in [0.25, 0.3) is 5.56 Å². The van der Waals surface area contributed by atoms with Gasteiger partial charge >= 0.3 is 5.69 Å². The minimum absolute atomic E-state index is 0.0674. The fourth-order valence-corrected chi connectivity index (χ4v) is 3.24. The number of aromatic nitrogens is 3. The molecule has 0 unspecified atom stereocenters. The highest BCUT2D eigenvalue weighted by Gasteiger charge is 2.26. The molecule has 0 radical (unpaired) electrons. The Morgan fingerprint density at radius 3 is 2.77 bits per heavy atom. The third kappa shape index (κ3) is 2.44. The number of nitrogens with one attached hydrogen (secondary N) is 1. The summed E-state index contributed by atoms with van der Waals surface area (Å²) in [7, 11) is 2.89. The van der Waals surface area contributed by atoms with Gasteiger partial charge in [-0.3, -0.25) is 13.9 Å². The molecule has 0 atom stereocenters. The van der Waals surface area contributed by atoms with Gasteiger partial charge < -0.3 is 5.32 Å². The van der Waals surface area contributed by atoms with Gasteiger partial charge in [-0.15, -0.1) is 11.3 Å². The lowest BCUT2D eigenvalue weighted by molar-refractivity contribution is 0.685. The van der Waals surface area contributed by atoms with E-state index in [1.54, 1.807) is 11.3 Å². The Morgan fingerprint density at radius 2 is 2.14 bits per heavy atom. The summed E-state index contributed by atoms with van der Waals surface area (Å²) in [5, 5.41) is 15.3. The first-order valence-corrected chi connectivity index (χ1v) is 7.79. The fourth-order valence-electron chi connectivity index (χ4n) is 2.25. The van der Waals surface area contributed by atoms with E-state index in [0.29, 0.717) is 12.5 Å². The third-order valence-electron chi connectivity index (χ3n) is 3.71. The van der Waals surface area contributed by atoms with Gasteiger partial charge in [0.2, 0.25) is 0 Å². The molecule has 1 saturated carbocycles. The van der Waals surface area contributed by atoms with E-state index in [2.05, 4.69) is 10.3 Å². The van der Waals surface area contributed by atoms with Crippen LogP contribution in [-0.4, -0.2) is 14.1 Å². The Bertz CT molecular complexity index is 882. The topological polar surface area (TPSA) is 92.7 Å². The minimum Gasteiger partial charge on any atom is -0.364 e. The highest BCUT2D eigenvalue weighted by molar-refractivity contribution is 7.09. The van der Waals surface area contributed by atoms with Crippen molar-refractivity contribution in [1.29, 1.82) is 5.26 Å². The second-order valence-corrected chi connectivity index (χ2v) is 6.24. The molecule has 2 aromatic rings. The van der Waals surface area contributed by atoms with Crippen LogP contribution in [0.1, 0.15) is 35.0 Å². The molecule has 1 N–H and O–H groups in total. The van der Waals surface area contributed by atoms with Crippen LogP contribution in [0.15, 0.2) is 15.0 Å². The third-order valence-corrected chi connectivity index (χ3v) is 4.77. The summed E-state index contributed by atoms with van der Waals surface area (Å²) in [5.74, 6) is 0.832. The van der Waals surface area contributed by atoms with E-state index in [1.807, 2.05) is 11.4 Å². The Labute approximate surface area is 130 Å². The van der Waals surface area contributed by atoms with E-state index in [-0.39, 0.29) is 11.4 Å². The number of nitriles is 1. The lowest BCUT2D eigenvalue weighted by Gasteiger charge is -2.12. The molecule has 3 rings (SSSR count). The quantitative estimate of drug-likeness (QED) is 0.904. The number of hydrogen-bond donors (Lipinski definition) is 1. The molecule has 0 saturated heterocycles. The number of anilines is 1. The van der Waals surface area contributed by atoms with Crippen LogP contribution in [0.4, 0.5) is 5.82 Å². The summed E-state index contributed by atoms with van der Waals surface area (Å²) in [4.78, 5) is 28.5. The van der Waals surface area contributed by atoms with Crippen LogP contribution in [0.2, 0.25) is 0 Å². The molecule has 114 valence electrons. The minimum atomic E-state index is -0.593. The number of thiazole rings is 1. The maximum Gasteiger partial charge on any atom is 0.332 e. The lowest BCUT2D eigenvalue weighted by atomic mass is 10.3. The summed E-state index contributed by atoms with van der Waals surface area (Å²) in [5.41, 5.74) is -0.278. The van der Waals surface area contributed by atoms with Gasteiger partial charge in [-0.25, -0.2) is 9.78 Å². The molecule has 1 aliphatic rings. The van der Waals surface area contributed by atoms with Gasteiger partial charge in [-0.1, -0.05) is 0 Å². The Kier molecular flexibility index (Phi) is 3.58. The highest BCUT2D eigenvalue weighted by atomic mass is 32.1. The van der Waals surface area contributed by atoms with Crippen molar-refractivity contribution in [2.24, 2.45) is 14.1 Å². The molecule has 2 heterocycles. The van der Waals surface area contributed by atoms with Crippen LogP contribution in [0.5, 0.6) is 0 Å². The van der Waals surface area contributed by atoms with Crippen molar-refractivity contribution in [1.82, 2.24) is 14.1 Å². The summed E-state index contributed by atoms with van der Waals surface area (Å²) in [6.07, 6.45) is 2.39. The van der Waals surface area contributed by atoms with Crippen molar-refractivity contribution in [3.05, 3.63) is 42.5 Å². The molecule has 0 aromatic carbocycles. The fraction of sp³-hybridized carbons (Fsp3) is 0.429. The molecule has 7 nitrogen and oxygen atoms in total. The zero-order valence-electron chi connectivity index (χ0n) is 12.3. The number of hydrogen-bond acceptors (Lipinski definition) is 6. The first kappa shape index (κ1) is 14.5. The zero-order chi connectivity index (χ0) is 15.9. The first-order valence-electron chi connectivity index (χ1n) is 6.91. The van der Waals surface area contributed by atoms with Crippen molar-refractivity contribution >= 4 is 17.2 Å². The average molecular weight is 317 g/mol. The summed E-state index contributed by atoms with van der Waals surface area (Å²) in [6, 6.07) is 1.87. The molecular formula is C14H15N5O2S. The van der Waals surface area contributed by atoms with Crippen LogP contribution in [-0.2, 0) is 20.6 Å². The van der Waals surface area contributed by atoms with Crippen molar-refractivity contribution in [3.8, 4) is 6.07 Å². The maximum atomic E-state index is 12.0. The first-order chi connectivity index (χ1) is 10.5. The maximum absolute atomic E-state index is 12.0. The standard InChI is InChI=1S/C14H15N5O2S/c1-18-11(10(5-15)13(20)19(2)14(18)21)16-6-9-7-22-12(17-9)8-3-4-8/h7-8,16H,3-4,6H2,1-2H3. The van der Waals surface area contributed by atoms with E-state index < -0.39 is 11.2 Å². The largest absolute Gasteiger partial charge is 0.364 e. The van der Waals surface area contributed by atoms with E-state index in [4.69, 9.17) is 0 Å². The predicted octanol–water partition coefficient (Wildman–Crippen LogP) is 0.902. The van der Waals surface area contributed by atoms with Crippen molar-refractivity contribution in [2.75, 3.05) is 5.32 Å². The normalized spacial score (nSPS) is 13.9. The molecule has 2 aromatic heterocycles. The molecule has 1 aliphatic carbocycles. The smallest absolute Gasteiger partial charge is 0.332 e. The van der Waals surface area contributed by atoms with E-state index in [1.165, 1.54) is 31.5 Å². The molecule has 22 heavy (non-hydrogen) atoms. The number of rotatable bonds is 4. The van der Waals surface area contributed by atoms with Crippen LogP contribution >= 0.6 is 11.3 Å². The van der Waals surface area contributed by atoms with E-state index in [0.717, 1.165) is 15.3 Å². The van der Waals surface area contributed by atoms with Crippen molar-refractivity contribution < 1.29 is 0 Å². The van der Waals surface area contributed by atoms with Gasteiger partial charge in [0.1, 0.15) is 11.9 Å². The zero-order valence-corrected chi connectivity index (χ0v) is 13.1. The second kappa shape index (κ2) is 5.42. The van der Waals surface area contributed by atoms with Crippen molar-refractivity contribution in [3.63, 3.8) is 0 Å². The number of nitrogens with zero attached hydrogens (tertiary/aromatic N) is 4. The van der Waals surface area contributed by atoms with Gasteiger partial charge in [-0.2, -0.15) is 5.26 Å². The van der Waals surface area contributed by atoms with Crippen LogP contribution < -0.4 is 16.6 Å². The Hall–Kier alpha value is -2.40. The summed E-state index contributed by atoms with van der Waals surface area (Å²) >= 11 is 1.63. The molecule has 0 amide bonds. The Balaban J connectivity index is 1.89. The van der Waals surface area contributed by atoms with Crippen LogP contribution in [0.3, 0.4) is 0 Å². The second-order valence-electron chi connectivity index (χ2n) is 5.35. The predicted molar refractivity (Wildman–Crippen MR) is 83.1 cm³/mol. The average Bonchev–Trinajstić information content (AvgIpc) is 3.26. The molecular weight excluding hydrogens is 302 g/mol. The molecule has 0 spiro atoms. The van der Waals surface area contributed by atoms with E-state index in [9.17, 15) is 14.9 Å². The van der Waals surface area contributed by atoms with Gasteiger partial charge in [0.05, 0.1) is 17.2 Å². The summed E-state index contributed by atoms with van der Waals surface area (Å²) in [6.45, 7) is 0.373. The molecule has 1 fully saturated rings. The SMILES string of the molecule is Cn1c(NCc2csc(C3CC3)n2)c(C#N)c(=O)n(C)c1=O. The lowest BCUT2D eigenvalue weighted by Crippen LogP contribution is -2.39. The van der Waals surface area contributed by atoms with Gasteiger partial charge in [0, 0.05) is 25.4 Å². The summed E-state index contributed by atoms with van der Waals surface area (Å²) < 4.78 is 2.20. The molecule has 8 heteroatoms. The molecule has 0 aliphatic heterocycles.